The van der Waals surface area contributed by atoms with Crippen LogP contribution in [0.1, 0.15) is 18.9 Å². The van der Waals surface area contributed by atoms with Gasteiger partial charge in [-0.25, -0.2) is 0 Å². The molecule has 0 spiro atoms. The van der Waals surface area contributed by atoms with Gasteiger partial charge in [0, 0.05) is 5.56 Å². The van der Waals surface area contributed by atoms with Crippen LogP contribution in [-0.2, 0) is 4.79 Å². The highest BCUT2D eigenvalue weighted by Gasteiger charge is 2.20. The van der Waals surface area contributed by atoms with E-state index in [1.165, 1.54) is 21.3 Å². The number of hydrogen-bond donors (Lipinski definition) is 1. The van der Waals surface area contributed by atoms with Crippen molar-refractivity contribution < 1.29 is 24.1 Å². The van der Waals surface area contributed by atoms with Gasteiger partial charge in [-0.1, -0.05) is 17.7 Å². The molecule has 0 saturated heterocycles. The van der Waals surface area contributed by atoms with E-state index in [4.69, 9.17) is 30.9 Å². The third-order valence-electron chi connectivity index (χ3n) is 2.77. The highest BCUT2D eigenvalue weighted by Crippen LogP contribution is 2.46. The van der Waals surface area contributed by atoms with E-state index in [1.54, 1.807) is 19.1 Å². The highest BCUT2D eigenvalue weighted by molar-refractivity contribution is 6.32. The summed E-state index contributed by atoms with van der Waals surface area (Å²) in [6, 6.07) is 1.66. The van der Waals surface area contributed by atoms with E-state index in [0.29, 0.717) is 27.8 Å². The van der Waals surface area contributed by atoms with Gasteiger partial charge in [-0.05, 0) is 18.6 Å². The number of carbonyl (C=O) groups is 1. The summed E-state index contributed by atoms with van der Waals surface area (Å²) in [5.41, 5.74) is 1.39. The molecule has 0 fully saturated rings. The molecule has 0 saturated carbocycles. The molecular formula is C14H17ClO5. The molecular weight excluding hydrogens is 284 g/mol. The van der Waals surface area contributed by atoms with Gasteiger partial charge in [-0.15, -0.1) is 0 Å². The average Bonchev–Trinajstić information content (AvgIpc) is 2.43. The summed E-state index contributed by atoms with van der Waals surface area (Å²) >= 11 is 6.15. The van der Waals surface area contributed by atoms with Crippen molar-refractivity contribution in [3.63, 3.8) is 0 Å². The average molecular weight is 301 g/mol. The van der Waals surface area contributed by atoms with E-state index in [9.17, 15) is 4.79 Å². The molecule has 0 aliphatic rings. The van der Waals surface area contributed by atoms with Crippen molar-refractivity contribution in [2.24, 2.45) is 0 Å². The number of carboxylic acids is 1. The second-order valence-electron chi connectivity index (χ2n) is 3.99. The molecule has 1 aromatic carbocycles. The van der Waals surface area contributed by atoms with Crippen LogP contribution in [0.4, 0.5) is 0 Å². The number of benzene rings is 1. The number of aliphatic carboxylic acids is 1. The lowest BCUT2D eigenvalue weighted by molar-refractivity contribution is -0.135. The van der Waals surface area contributed by atoms with Gasteiger partial charge in [0.1, 0.15) is 0 Å². The summed E-state index contributed by atoms with van der Waals surface area (Å²) in [5.74, 6) is 0.296. The number of methoxy groups -OCH3 is 3. The number of carboxylic acid groups (broad SMARTS) is 1. The topological polar surface area (TPSA) is 65.0 Å². The predicted molar refractivity (Wildman–Crippen MR) is 77.0 cm³/mol. The zero-order chi connectivity index (χ0) is 15.3. The van der Waals surface area contributed by atoms with Gasteiger partial charge in [-0.3, -0.25) is 4.79 Å². The molecule has 0 bridgehead atoms. The number of rotatable bonds is 6. The van der Waals surface area contributed by atoms with Gasteiger partial charge in [0.05, 0.1) is 32.8 Å². The second kappa shape index (κ2) is 7.05. The minimum Gasteiger partial charge on any atom is -0.492 e. The maximum Gasteiger partial charge on any atom is 0.307 e. The molecule has 6 heteroatoms. The van der Waals surface area contributed by atoms with Crippen LogP contribution in [0.3, 0.4) is 0 Å². The van der Waals surface area contributed by atoms with E-state index in [1.807, 2.05) is 0 Å². The van der Waals surface area contributed by atoms with E-state index in [2.05, 4.69) is 0 Å². The smallest absolute Gasteiger partial charge is 0.307 e. The summed E-state index contributed by atoms with van der Waals surface area (Å²) in [6.45, 7) is 1.78. The minimum atomic E-state index is -0.908. The Labute approximate surface area is 122 Å². The van der Waals surface area contributed by atoms with Crippen LogP contribution in [0.5, 0.6) is 17.2 Å². The molecule has 110 valence electrons. The van der Waals surface area contributed by atoms with Crippen molar-refractivity contribution in [2.45, 2.75) is 13.3 Å². The van der Waals surface area contributed by atoms with Crippen molar-refractivity contribution >= 4 is 23.1 Å². The molecule has 0 aliphatic heterocycles. The third-order valence-corrected chi connectivity index (χ3v) is 3.05. The Balaban J connectivity index is 3.43. The van der Waals surface area contributed by atoms with Gasteiger partial charge >= 0.3 is 5.97 Å². The first-order valence-corrected chi connectivity index (χ1v) is 6.21. The molecule has 1 N–H and O–H groups in total. The Morgan fingerprint density at radius 1 is 1.20 bits per heavy atom. The van der Waals surface area contributed by atoms with Crippen LogP contribution in [0, 0.1) is 0 Å². The quantitative estimate of drug-likeness (QED) is 0.873. The molecule has 0 radical (unpaired) electrons. The monoisotopic (exact) mass is 300 g/mol. The van der Waals surface area contributed by atoms with Crippen LogP contribution in [0.2, 0.25) is 5.02 Å². The van der Waals surface area contributed by atoms with E-state index < -0.39 is 5.97 Å². The van der Waals surface area contributed by atoms with E-state index in [0.717, 1.165) is 5.57 Å². The van der Waals surface area contributed by atoms with Crippen LogP contribution < -0.4 is 14.2 Å². The summed E-state index contributed by atoms with van der Waals surface area (Å²) in [7, 11) is 4.46. The molecule has 0 aliphatic carbocycles. The van der Waals surface area contributed by atoms with Crippen molar-refractivity contribution in [3.8, 4) is 17.2 Å². The molecule has 0 amide bonds. The Morgan fingerprint density at radius 3 is 2.20 bits per heavy atom. The first kappa shape index (κ1) is 16.2. The van der Waals surface area contributed by atoms with Gasteiger partial charge < -0.3 is 19.3 Å². The Hall–Kier alpha value is -1.88. The van der Waals surface area contributed by atoms with Crippen molar-refractivity contribution in [3.05, 3.63) is 22.7 Å². The summed E-state index contributed by atoms with van der Waals surface area (Å²) < 4.78 is 15.8. The molecule has 1 rings (SSSR count). The first-order valence-electron chi connectivity index (χ1n) is 5.83. The fraction of sp³-hybridized carbons (Fsp3) is 0.357. The summed E-state index contributed by atoms with van der Waals surface area (Å²) in [4.78, 5) is 10.6. The number of ether oxygens (including phenoxy) is 3. The van der Waals surface area contributed by atoms with Crippen LogP contribution in [-0.4, -0.2) is 32.4 Å². The van der Waals surface area contributed by atoms with Crippen molar-refractivity contribution in [1.29, 1.82) is 0 Å². The summed E-state index contributed by atoms with van der Waals surface area (Å²) in [6.07, 6.45) is 1.50. The Morgan fingerprint density at radius 2 is 1.75 bits per heavy atom. The predicted octanol–water partition coefficient (Wildman–Crippen LogP) is 3.24. The maximum absolute atomic E-state index is 10.6. The van der Waals surface area contributed by atoms with Gasteiger partial charge in [0.15, 0.2) is 11.5 Å². The standard InChI is InChI=1S/C14H17ClO5/c1-8(5-6-11(16)17)9-7-10(15)13(19-3)14(20-4)12(9)18-2/h5,7H,6H2,1-4H3,(H,16,17)/b8-5+. The van der Waals surface area contributed by atoms with Crippen molar-refractivity contribution in [2.75, 3.05) is 21.3 Å². The molecule has 0 heterocycles. The van der Waals surface area contributed by atoms with Gasteiger partial charge in [-0.2, -0.15) is 0 Å². The van der Waals surface area contributed by atoms with Crippen molar-refractivity contribution in [1.82, 2.24) is 0 Å². The second-order valence-corrected chi connectivity index (χ2v) is 4.40. The maximum atomic E-state index is 10.6. The Kier molecular flexibility index (Phi) is 5.70. The van der Waals surface area contributed by atoms with Crippen LogP contribution >= 0.6 is 11.6 Å². The first-order chi connectivity index (χ1) is 9.46. The fourth-order valence-corrected chi connectivity index (χ4v) is 2.09. The zero-order valence-electron chi connectivity index (χ0n) is 11.8. The van der Waals surface area contributed by atoms with Crippen LogP contribution in [0.15, 0.2) is 12.1 Å². The largest absolute Gasteiger partial charge is 0.492 e. The molecule has 0 unspecified atom stereocenters. The highest BCUT2D eigenvalue weighted by atomic mass is 35.5. The fourth-order valence-electron chi connectivity index (χ4n) is 1.81. The third kappa shape index (κ3) is 3.36. The van der Waals surface area contributed by atoms with Crippen LogP contribution in [0.25, 0.3) is 5.57 Å². The lowest BCUT2D eigenvalue weighted by Gasteiger charge is -2.17. The molecule has 5 nitrogen and oxygen atoms in total. The Bertz CT molecular complexity index is 537. The number of hydrogen-bond acceptors (Lipinski definition) is 4. The number of halogens is 1. The van der Waals surface area contributed by atoms with E-state index in [-0.39, 0.29) is 6.42 Å². The SMILES string of the molecule is COc1c(Cl)cc(/C(C)=C/CC(=O)O)c(OC)c1OC. The van der Waals surface area contributed by atoms with E-state index >= 15 is 0 Å². The molecule has 1 aromatic rings. The molecule has 0 aromatic heterocycles. The normalized spacial score (nSPS) is 11.2. The zero-order valence-corrected chi connectivity index (χ0v) is 12.6. The number of allylic oxidation sites excluding steroid dienone is 1. The van der Waals surface area contributed by atoms with Gasteiger partial charge in [0.25, 0.3) is 0 Å². The summed E-state index contributed by atoms with van der Waals surface area (Å²) in [5, 5.41) is 9.09. The minimum absolute atomic E-state index is 0.0824. The molecule has 20 heavy (non-hydrogen) atoms. The van der Waals surface area contributed by atoms with Gasteiger partial charge in [0.2, 0.25) is 5.75 Å². The lowest BCUT2D eigenvalue weighted by Crippen LogP contribution is -1.99. The lowest BCUT2D eigenvalue weighted by atomic mass is 10.0. The molecule has 0 atom stereocenters.